The van der Waals surface area contributed by atoms with Crippen molar-refractivity contribution in [3.05, 3.63) is 28.5 Å². The minimum Gasteiger partial charge on any atom is -0.322 e. The Balaban J connectivity index is 3.02. The first-order valence-corrected chi connectivity index (χ1v) is 7.46. The maximum Gasteiger partial charge on any atom is 0.244 e. The summed E-state index contributed by atoms with van der Waals surface area (Å²) in [5.41, 5.74) is -0.991. The fraction of sp³-hybridized carbons (Fsp3) is 0.467. The van der Waals surface area contributed by atoms with Crippen LogP contribution in [0.15, 0.2) is 22.7 Å². The van der Waals surface area contributed by atoms with Crippen LogP contribution in [0.25, 0.3) is 0 Å². The summed E-state index contributed by atoms with van der Waals surface area (Å²) in [4.78, 5) is 12.4. The van der Waals surface area contributed by atoms with Crippen LogP contribution in [0.4, 0.5) is 10.1 Å². The molecule has 0 saturated heterocycles. The van der Waals surface area contributed by atoms with Crippen LogP contribution in [0, 0.1) is 22.6 Å². The molecule has 0 radical (unpaired) electrons. The molecule has 0 aromatic heterocycles. The predicted molar refractivity (Wildman–Crippen MR) is 80.6 cm³/mol. The van der Waals surface area contributed by atoms with Crippen LogP contribution in [0.5, 0.6) is 0 Å². The predicted octanol–water partition coefficient (Wildman–Crippen LogP) is 4.64. The number of carbonyl (C=O) groups excluding carboxylic acids is 1. The molecule has 3 nitrogen and oxygen atoms in total. The molecule has 0 fully saturated rings. The van der Waals surface area contributed by atoms with E-state index < -0.39 is 17.1 Å². The summed E-state index contributed by atoms with van der Waals surface area (Å²) in [6.45, 7) is 3.85. The zero-order chi connectivity index (χ0) is 15.2. The number of nitriles is 1. The second-order valence-electron chi connectivity index (χ2n) is 4.77. The summed E-state index contributed by atoms with van der Waals surface area (Å²) in [5, 5.41) is 11.9. The summed E-state index contributed by atoms with van der Waals surface area (Å²) in [6.07, 6.45) is 2.39. The highest BCUT2D eigenvalue weighted by atomic mass is 79.9. The molecular formula is C15H18BrFN2O. The van der Waals surface area contributed by atoms with Gasteiger partial charge in [-0.05, 0) is 31.0 Å². The van der Waals surface area contributed by atoms with Gasteiger partial charge in [0.1, 0.15) is 11.2 Å². The second kappa shape index (κ2) is 7.39. The normalized spacial score (nSPS) is 10.9. The molecule has 20 heavy (non-hydrogen) atoms. The molecule has 0 aliphatic rings. The van der Waals surface area contributed by atoms with Crippen LogP contribution in [0.2, 0.25) is 0 Å². The van der Waals surface area contributed by atoms with Gasteiger partial charge in [-0.1, -0.05) is 42.6 Å². The lowest BCUT2D eigenvalue weighted by Gasteiger charge is -2.24. The lowest BCUT2D eigenvalue weighted by molar-refractivity contribution is -0.123. The van der Waals surface area contributed by atoms with E-state index in [2.05, 4.69) is 27.3 Å². The van der Waals surface area contributed by atoms with Crippen molar-refractivity contribution in [1.82, 2.24) is 0 Å². The first kappa shape index (κ1) is 16.6. The van der Waals surface area contributed by atoms with E-state index in [1.807, 2.05) is 13.8 Å². The highest BCUT2D eigenvalue weighted by Crippen LogP contribution is 2.31. The number of anilines is 1. The van der Waals surface area contributed by atoms with Crippen molar-refractivity contribution < 1.29 is 9.18 Å². The molecule has 0 saturated carbocycles. The largest absolute Gasteiger partial charge is 0.322 e. The molecule has 1 aromatic rings. The average molecular weight is 341 g/mol. The van der Waals surface area contributed by atoms with Gasteiger partial charge >= 0.3 is 0 Å². The summed E-state index contributed by atoms with van der Waals surface area (Å²) < 4.78 is 14.3. The van der Waals surface area contributed by atoms with Gasteiger partial charge in [-0.2, -0.15) is 5.26 Å². The SMILES string of the molecule is CCCC(C#N)(CCC)C(=O)Nc1cc(Br)ccc1F. The zero-order valence-electron chi connectivity index (χ0n) is 11.7. The Morgan fingerprint density at radius 1 is 1.40 bits per heavy atom. The molecule has 1 amide bonds. The van der Waals surface area contributed by atoms with E-state index in [-0.39, 0.29) is 5.69 Å². The third kappa shape index (κ3) is 3.80. The van der Waals surface area contributed by atoms with Gasteiger partial charge in [0.2, 0.25) is 5.91 Å². The Bertz CT molecular complexity index is 519. The van der Waals surface area contributed by atoms with Crippen molar-refractivity contribution in [3.8, 4) is 6.07 Å². The molecular weight excluding hydrogens is 323 g/mol. The van der Waals surface area contributed by atoms with Crippen molar-refractivity contribution in [2.45, 2.75) is 39.5 Å². The van der Waals surface area contributed by atoms with Crippen molar-refractivity contribution in [2.24, 2.45) is 5.41 Å². The number of halogens is 2. The number of nitrogens with one attached hydrogen (secondary N) is 1. The van der Waals surface area contributed by atoms with Crippen molar-refractivity contribution in [1.29, 1.82) is 5.26 Å². The fourth-order valence-corrected chi connectivity index (χ4v) is 2.56. The quantitative estimate of drug-likeness (QED) is 0.820. The molecule has 0 heterocycles. The number of nitrogens with zero attached hydrogens (tertiary/aromatic N) is 1. The van der Waals surface area contributed by atoms with Gasteiger partial charge in [-0.3, -0.25) is 4.79 Å². The van der Waals surface area contributed by atoms with E-state index in [0.29, 0.717) is 17.3 Å². The summed E-state index contributed by atoms with van der Waals surface area (Å²) in [6, 6.07) is 6.45. The number of hydrogen-bond acceptors (Lipinski definition) is 2. The van der Waals surface area contributed by atoms with Crippen LogP contribution >= 0.6 is 15.9 Å². The molecule has 1 rings (SSSR count). The molecule has 0 atom stereocenters. The monoisotopic (exact) mass is 340 g/mol. The van der Waals surface area contributed by atoms with Gasteiger partial charge in [-0.25, -0.2) is 4.39 Å². The third-order valence-electron chi connectivity index (χ3n) is 3.18. The second-order valence-corrected chi connectivity index (χ2v) is 5.69. The van der Waals surface area contributed by atoms with E-state index in [1.54, 1.807) is 6.07 Å². The van der Waals surface area contributed by atoms with Gasteiger partial charge in [0.25, 0.3) is 0 Å². The molecule has 0 unspecified atom stereocenters. The van der Waals surface area contributed by atoms with E-state index in [4.69, 9.17) is 0 Å². The molecule has 108 valence electrons. The zero-order valence-corrected chi connectivity index (χ0v) is 13.3. The molecule has 0 aliphatic heterocycles. The first-order valence-electron chi connectivity index (χ1n) is 6.67. The van der Waals surface area contributed by atoms with Crippen molar-refractivity contribution in [3.63, 3.8) is 0 Å². The summed E-state index contributed by atoms with van der Waals surface area (Å²) in [5.74, 6) is -0.943. The van der Waals surface area contributed by atoms with Crippen LogP contribution in [-0.2, 0) is 4.79 Å². The number of hydrogen-bond donors (Lipinski definition) is 1. The Kier molecular flexibility index (Phi) is 6.15. The Morgan fingerprint density at radius 3 is 2.50 bits per heavy atom. The minimum atomic E-state index is -1.09. The van der Waals surface area contributed by atoms with E-state index in [0.717, 1.165) is 12.8 Å². The van der Waals surface area contributed by atoms with Crippen LogP contribution in [0.3, 0.4) is 0 Å². The highest BCUT2D eigenvalue weighted by molar-refractivity contribution is 9.10. The van der Waals surface area contributed by atoms with Crippen LogP contribution in [0.1, 0.15) is 39.5 Å². The fourth-order valence-electron chi connectivity index (χ4n) is 2.20. The number of amides is 1. The maximum atomic E-state index is 13.7. The van der Waals surface area contributed by atoms with Gasteiger partial charge in [0.05, 0.1) is 11.8 Å². The summed E-state index contributed by atoms with van der Waals surface area (Å²) >= 11 is 3.23. The topological polar surface area (TPSA) is 52.9 Å². The van der Waals surface area contributed by atoms with E-state index >= 15 is 0 Å². The Hall–Kier alpha value is -1.41. The number of rotatable bonds is 6. The lowest BCUT2D eigenvalue weighted by Crippen LogP contribution is -2.35. The van der Waals surface area contributed by atoms with E-state index in [9.17, 15) is 14.4 Å². The van der Waals surface area contributed by atoms with Crippen molar-refractivity contribution in [2.75, 3.05) is 5.32 Å². The summed E-state index contributed by atoms with van der Waals surface area (Å²) in [7, 11) is 0. The standard InChI is InChI=1S/C15H18BrFN2O/c1-3-7-15(10-18,8-4-2)14(20)19-13-9-11(16)5-6-12(13)17/h5-6,9H,3-4,7-8H2,1-2H3,(H,19,20). The van der Waals surface area contributed by atoms with Gasteiger partial charge in [0.15, 0.2) is 0 Å². The maximum absolute atomic E-state index is 13.7. The van der Waals surface area contributed by atoms with E-state index in [1.165, 1.54) is 12.1 Å². The molecule has 1 N–H and O–H groups in total. The first-order chi connectivity index (χ1) is 9.49. The average Bonchev–Trinajstić information content (AvgIpc) is 2.42. The number of benzene rings is 1. The molecule has 1 aromatic carbocycles. The smallest absolute Gasteiger partial charge is 0.244 e. The molecule has 5 heteroatoms. The minimum absolute atomic E-state index is 0.0937. The van der Waals surface area contributed by atoms with Crippen LogP contribution < -0.4 is 5.32 Å². The van der Waals surface area contributed by atoms with Crippen LogP contribution in [-0.4, -0.2) is 5.91 Å². The van der Waals surface area contributed by atoms with Gasteiger partial charge in [-0.15, -0.1) is 0 Å². The third-order valence-corrected chi connectivity index (χ3v) is 3.67. The molecule has 0 bridgehead atoms. The van der Waals surface area contributed by atoms with Gasteiger partial charge < -0.3 is 5.32 Å². The Labute approximate surface area is 127 Å². The molecule has 0 aliphatic carbocycles. The highest BCUT2D eigenvalue weighted by Gasteiger charge is 2.37. The lowest BCUT2D eigenvalue weighted by atomic mass is 9.79. The molecule has 0 spiro atoms. The Morgan fingerprint density at radius 2 is 2.00 bits per heavy atom. The van der Waals surface area contributed by atoms with Crippen molar-refractivity contribution >= 4 is 27.5 Å². The number of carbonyl (C=O) groups is 1. The van der Waals surface area contributed by atoms with Gasteiger partial charge in [0, 0.05) is 4.47 Å².